The van der Waals surface area contributed by atoms with Gasteiger partial charge in [-0.25, -0.2) is 13.7 Å². The van der Waals surface area contributed by atoms with Crippen molar-refractivity contribution in [2.24, 2.45) is 0 Å². The van der Waals surface area contributed by atoms with Gasteiger partial charge in [0, 0.05) is 11.3 Å². The predicted octanol–water partition coefficient (Wildman–Crippen LogP) is 3.87. The lowest BCUT2D eigenvalue weighted by atomic mass is 10.1. The molecular weight excluding hydrogens is 359 g/mol. The zero-order valence-corrected chi connectivity index (χ0v) is 15.6. The first-order valence-corrected chi connectivity index (χ1v) is 9.01. The van der Waals surface area contributed by atoms with E-state index >= 15 is 0 Å². The van der Waals surface area contributed by atoms with Crippen LogP contribution in [0, 0.1) is 12.7 Å². The number of aromatic nitrogens is 4. The summed E-state index contributed by atoms with van der Waals surface area (Å²) in [6.07, 6.45) is 0. The number of aryl methyl sites for hydroxylation is 1. The van der Waals surface area contributed by atoms with Crippen molar-refractivity contribution in [1.29, 1.82) is 0 Å². The number of nitrogens with zero attached hydrogens (tertiary/aromatic N) is 4. The molecule has 3 heterocycles. The lowest BCUT2D eigenvalue weighted by Crippen LogP contribution is -2.10. The molecule has 142 valence electrons. The minimum atomic E-state index is -0.441. The van der Waals surface area contributed by atoms with Gasteiger partial charge in [0.25, 0.3) is 0 Å². The second-order valence-electron chi connectivity index (χ2n) is 6.41. The topological polar surface area (TPSA) is 61.4 Å². The molecular formula is C21H19FN4O2. The Hall–Kier alpha value is -3.48. The van der Waals surface area contributed by atoms with Gasteiger partial charge in [0.15, 0.2) is 5.69 Å². The third-order valence-corrected chi connectivity index (χ3v) is 4.49. The Labute approximate surface area is 161 Å². The van der Waals surface area contributed by atoms with Crippen LogP contribution in [0.2, 0.25) is 0 Å². The first kappa shape index (κ1) is 17.9. The first-order chi connectivity index (χ1) is 13.6. The molecule has 0 unspecified atom stereocenters. The monoisotopic (exact) mass is 378 g/mol. The van der Waals surface area contributed by atoms with Crippen molar-refractivity contribution in [3.05, 3.63) is 77.5 Å². The maximum absolute atomic E-state index is 14.1. The highest BCUT2D eigenvalue weighted by molar-refractivity contribution is 5.87. The van der Waals surface area contributed by atoms with Gasteiger partial charge in [-0.2, -0.15) is 10.2 Å². The number of ether oxygens (including phenoxy) is 1. The number of rotatable bonds is 5. The Morgan fingerprint density at radius 1 is 1.11 bits per heavy atom. The predicted molar refractivity (Wildman–Crippen MR) is 103 cm³/mol. The van der Waals surface area contributed by atoms with Crippen molar-refractivity contribution in [1.82, 2.24) is 19.4 Å². The van der Waals surface area contributed by atoms with Crippen LogP contribution in [0.1, 0.15) is 28.8 Å². The van der Waals surface area contributed by atoms with Crippen LogP contribution in [0.25, 0.3) is 16.8 Å². The van der Waals surface area contributed by atoms with Crippen molar-refractivity contribution in [2.75, 3.05) is 6.61 Å². The SMILES string of the molecule is CCOC(=O)c1cc(C)n(Cc2cccc3cc(-c4ccccc4F)nn23)n1. The van der Waals surface area contributed by atoms with Crippen molar-refractivity contribution < 1.29 is 13.9 Å². The molecule has 0 saturated heterocycles. The van der Waals surface area contributed by atoms with E-state index in [1.165, 1.54) is 6.07 Å². The summed E-state index contributed by atoms with van der Waals surface area (Å²) in [6, 6.07) is 15.9. The number of halogens is 1. The number of carbonyl (C=O) groups excluding carboxylic acids is 1. The number of hydrogen-bond acceptors (Lipinski definition) is 4. The highest BCUT2D eigenvalue weighted by atomic mass is 19.1. The molecule has 28 heavy (non-hydrogen) atoms. The average Bonchev–Trinajstić information content (AvgIpc) is 3.27. The lowest BCUT2D eigenvalue weighted by Gasteiger charge is -2.07. The van der Waals surface area contributed by atoms with Crippen molar-refractivity contribution in [3.8, 4) is 11.3 Å². The van der Waals surface area contributed by atoms with Gasteiger partial charge in [-0.1, -0.05) is 18.2 Å². The van der Waals surface area contributed by atoms with Gasteiger partial charge in [-0.3, -0.25) is 4.68 Å². The molecule has 6 nitrogen and oxygen atoms in total. The number of carbonyl (C=O) groups is 1. The van der Waals surface area contributed by atoms with Crippen molar-refractivity contribution >= 4 is 11.5 Å². The molecule has 4 aromatic rings. The minimum absolute atomic E-state index is 0.277. The van der Waals surface area contributed by atoms with E-state index in [-0.39, 0.29) is 11.5 Å². The molecule has 0 N–H and O–H groups in total. The Bertz CT molecular complexity index is 1160. The molecule has 4 rings (SSSR count). The summed E-state index contributed by atoms with van der Waals surface area (Å²) in [7, 11) is 0. The average molecular weight is 378 g/mol. The highest BCUT2D eigenvalue weighted by Gasteiger charge is 2.15. The van der Waals surface area contributed by atoms with E-state index in [0.717, 1.165) is 16.9 Å². The van der Waals surface area contributed by atoms with Crippen molar-refractivity contribution in [2.45, 2.75) is 20.4 Å². The first-order valence-electron chi connectivity index (χ1n) is 9.01. The Balaban J connectivity index is 1.70. The molecule has 0 bridgehead atoms. The summed E-state index contributed by atoms with van der Waals surface area (Å²) in [4.78, 5) is 11.9. The summed E-state index contributed by atoms with van der Waals surface area (Å²) in [5, 5.41) is 8.94. The summed E-state index contributed by atoms with van der Waals surface area (Å²) in [5.74, 6) is -0.752. The van der Waals surface area contributed by atoms with Gasteiger partial charge < -0.3 is 4.74 Å². The standard InChI is InChI=1S/C21H19FN4O2/c1-3-28-21(27)20-11-14(2)25(23-20)13-16-8-6-7-15-12-19(24-26(15)16)17-9-4-5-10-18(17)22/h4-12H,3,13H2,1-2H3. The molecule has 0 amide bonds. The zero-order valence-electron chi connectivity index (χ0n) is 15.6. The zero-order chi connectivity index (χ0) is 19.7. The van der Waals surface area contributed by atoms with Crippen LogP contribution in [0.5, 0.6) is 0 Å². The Kier molecular flexibility index (Phi) is 4.65. The Morgan fingerprint density at radius 3 is 2.71 bits per heavy atom. The number of fused-ring (bicyclic) bond motifs is 1. The summed E-state index contributed by atoms with van der Waals surface area (Å²) in [6.45, 7) is 4.36. The highest BCUT2D eigenvalue weighted by Crippen LogP contribution is 2.23. The molecule has 0 aliphatic carbocycles. The normalized spacial score (nSPS) is 11.1. The maximum Gasteiger partial charge on any atom is 0.358 e. The van der Waals surface area contributed by atoms with E-state index in [2.05, 4.69) is 10.2 Å². The van der Waals surface area contributed by atoms with Gasteiger partial charge in [0.1, 0.15) is 5.82 Å². The molecule has 1 aromatic carbocycles. The third-order valence-electron chi connectivity index (χ3n) is 4.49. The van der Waals surface area contributed by atoms with Crippen LogP contribution in [0.15, 0.2) is 54.6 Å². The van der Waals surface area contributed by atoms with Crippen LogP contribution >= 0.6 is 0 Å². The van der Waals surface area contributed by atoms with E-state index in [9.17, 15) is 9.18 Å². The molecule has 0 aliphatic heterocycles. The summed E-state index contributed by atoms with van der Waals surface area (Å²) >= 11 is 0. The van der Waals surface area contributed by atoms with Gasteiger partial charge in [0.2, 0.25) is 0 Å². The second kappa shape index (κ2) is 7.26. The molecule has 0 atom stereocenters. The number of pyridine rings is 1. The molecule has 7 heteroatoms. The smallest absolute Gasteiger partial charge is 0.358 e. The molecule has 0 spiro atoms. The van der Waals surface area contributed by atoms with Crippen LogP contribution in [0.4, 0.5) is 4.39 Å². The third kappa shape index (κ3) is 3.26. The van der Waals surface area contributed by atoms with Gasteiger partial charge in [0.05, 0.1) is 30.1 Å². The minimum Gasteiger partial charge on any atom is -0.461 e. The van der Waals surface area contributed by atoms with Crippen molar-refractivity contribution in [3.63, 3.8) is 0 Å². The van der Waals surface area contributed by atoms with Crippen LogP contribution < -0.4 is 0 Å². The van der Waals surface area contributed by atoms with Crippen LogP contribution in [-0.2, 0) is 11.3 Å². The van der Waals surface area contributed by atoms with Gasteiger partial charge in [-0.15, -0.1) is 0 Å². The van der Waals surface area contributed by atoms with E-state index in [1.807, 2.05) is 31.2 Å². The van der Waals surface area contributed by atoms with Crippen LogP contribution in [0.3, 0.4) is 0 Å². The van der Waals surface area contributed by atoms with E-state index in [0.29, 0.717) is 24.4 Å². The number of benzene rings is 1. The molecule has 0 radical (unpaired) electrons. The largest absolute Gasteiger partial charge is 0.461 e. The van der Waals surface area contributed by atoms with E-state index < -0.39 is 5.97 Å². The molecule has 0 saturated carbocycles. The number of hydrogen-bond donors (Lipinski definition) is 0. The Morgan fingerprint density at radius 2 is 1.93 bits per heavy atom. The summed E-state index contributed by atoms with van der Waals surface area (Å²) < 4.78 is 22.6. The fourth-order valence-corrected chi connectivity index (χ4v) is 3.12. The maximum atomic E-state index is 14.1. The quantitative estimate of drug-likeness (QED) is 0.495. The van der Waals surface area contributed by atoms with Crippen LogP contribution in [-0.4, -0.2) is 32.0 Å². The second-order valence-corrected chi connectivity index (χ2v) is 6.41. The molecule has 0 aliphatic rings. The fraction of sp³-hybridized carbons (Fsp3) is 0.190. The van der Waals surface area contributed by atoms with Gasteiger partial charge in [-0.05, 0) is 50.2 Å². The van der Waals surface area contributed by atoms with Gasteiger partial charge >= 0.3 is 5.97 Å². The molecule has 3 aromatic heterocycles. The number of esters is 1. The van der Waals surface area contributed by atoms with E-state index in [1.54, 1.807) is 40.4 Å². The van der Waals surface area contributed by atoms with E-state index in [4.69, 9.17) is 4.74 Å². The fourth-order valence-electron chi connectivity index (χ4n) is 3.12. The lowest BCUT2D eigenvalue weighted by molar-refractivity contribution is 0.0518. The summed E-state index contributed by atoms with van der Waals surface area (Å²) in [5.41, 5.74) is 3.85. The molecule has 0 fully saturated rings.